The Labute approximate surface area is 133 Å². The van der Waals surface area contributed by atoms with Gasteiger partial charge in [-0.15, -0.1) is 0 Å². The first-order valence-corrected chi connectivity index (χ1v) is 9.43. The predicted molar refractivity (Wildman–Crippen MR) is 95.9 cm³/mol. The highest BCUT2D eigenvalue weighted by Gasteiger charge is 2.07. The van der Waals surface area contributed by atoms with Crippen molar-refractivity contribution in [1.82, 2.24) is 0 Å². The van der Waals surface area contributed by atoms with Gasteiger partial charge in [-0.25, -0.2) is 0 Å². The van der Waals surface area contributed by atoms with Crippen LogP contribution in [-0.2, 0) is 0 Å². The fourth-order valence-corrected chi connectivity index (χ4v) is 3.21. The van der Waals surface area contributed by atoms with Crippen LogP contribution in [0.3, 0.4) is 0 Å². The highest BCUT2D eigenvalue weighted by Crippen LogP contribution is 2.25. The average Bonchev–Trinajstić information content (AvgIpc) is 2.54. The molecule has 0 aliphatic rings. The zero-order chi connectivity index (χ0) is 15.2. The molecule has 1 rings (SSSR count). The van der Waals surface area contributed by atoms with Crippen molar-refractivity contribution in [2.45, 2.75) is 96.8 Å². The van der Waals surface area contributed by atoms with Gasteiger partial charge in [0.05, 0.1) is 0 Å². The Kier molecular flexibility index (Phi) is 11.2. The van der Waals surface area contributed by atoms with Gasteiger partial charge in [0.25, 0.3) is 0 Å². The molecule has 0 nitrogen and oxygen atoms in total. The van der Waals surface area contributed by atoms with Crippen LogP contribution in [-0.4, -0.2) is 0 Å². The van der Waals surface area contributed by atoms with Crippen molar-refractivity contribution in [1.29, 1.82) is 0 Å². The summed E-state index contributed by atoms with van der Waals surface area (Å²) >= 11 is 0. The minimum atomic E-state index is 0.778. The molecular formula is C21H36. The SMILES string of the molecule is CCCCCCCCCCCCC(CC)c1ccccc1. The Morgan fingerprint density at radius 2 is 1.19 bits per heavy atom. The smallest absolute Gasteiger partial charge is 0.0165 e. The quantitative estimate of drug-likeness (QED) is 0.330. The third-order valence-corrected chi connectivity index (χ3v) is 4.67. The average molecular weight is 289 g/mol. The van der Waals surface area contributed by atoms with E-state index in [4.69, 9.17) is 0 Å². The normalized spacial score (nSPS) is 12.5. The van der Waals surface area contributed by atoms with Crippen molar-refractivity contribution in [3.05, 3.63) is 35.9 Å². The maximum Gasteiger partial charge on any atom is -0.0165 e. The van der Waals surface area contributed by atoms with Crippen molar-refractivity contribution < 1.29 is 0 Å². The van der Waals surface area contributed by atoms with Crippen molar-refractivity contribution in [2.75, 3.05) is 0 Å². The summed E-state index contributed by atoms with van der Waals surface area (Å²) in [5.41, 5.74) is 1.54. The minimum Gasteiger partial charge on any atom is -0.0654 e. The summed E-state index contributed by atoms with van der Waals surface area (Å²) < 4.78 is 0. The maximum absolute atomic E-state index is 2.33. The summed E-state index contributed by atoms with van der Waals surface area (Å²) in [4.78, 5) is 0. The molecule has 0 aromatic heterocycles. The molecule has 0 bridgehead atoms. The summed E-state index contributed by atoms with van der Waals surface area (Å²) in [6.07, 6.45) is 17.0. The molecule has 0 heteroatoms. The second-order valence-corrected chi connectivity index (χ2v) is 6.49. The Morgan fingerprint density at radius 3 is 1.71 bits per heavy atom. The lowest BCUT2D eigenvalue weighted by molar-refractivity contribution is 0.518. The molecule has 1 atom stereocenters. The Morgan fingerprint density at radius 1 is 0.667 bits per heavy atom. The molecule has 1 aromatic rings. The van der Waals surface area contributed by atoms with E-state index in [1.54, 1.807) is 0 Å². The summed E-state index contributed by atoms with van der Waals surface area (Å²) in [7, 11) is 0. The van der Waals surface area contributed by atoms with E-state index in [9.17, 15) is 0 Å². The van der Waals surface area contributed by atoms with E-state index < -0.39 is 0 Å². The van der Waals surface area contributed by atoms with E-state index in [1.165, 1.54) is 82.6 Å². The number of unbranched alkanes of at least 4 members (excludes halogenated alkanes) is 9. The van der Waals surface area contributed by atoms with Gasteiger partial charge < -0.3 is 0 Å². The standard InChI is InChI=1S/C21H36/c1-3-5-6-7-8-9-10-11-12-14-17-20(4-2)21-18-15-13-16-19-21/h13,15-16,18-20H,3-12,14,17H2,1-2H3. The van der Waals surface area contributed by atoms with E-state index in [1.807, 2.05) is 0 Å². The summed E-state index contributed by atoms with van der Waals surface area (Å²) in [5, 5.41) is 0. The van der Waals surface area contributed by atoms with Crippen LogP contribution in [0.25, 0.3) is 0 Å². The molecule has 21 heavy (non-hydrogen) atoms. The minimum absolute atomic E-state index is 0.778. The highest BCUT2D eigenvalue weighted by molar-refractivity contribution is 5.19. The second-order valence-electron chi connectivity index (χ2n) is 6.49. The molecule has 0 saturated heterocycles. The molecule has 0 saturated carbocycles. The van der Waals surface area contributed by atoms with E-state index in [0.717, 1.165) is 5.92 Å². The van der Waals surface area contributed by atoms with Crippen LogP contribution in [0.15, 0.2) is 30.3 Å². The van der Waals surface area contributed by atoms with Gasteiger partial charge in [0.15, 0.2) is 0 Å². The predicted octanol–water partition coefficient (Wildman–Crippen LogP) is 7.49. The lowest BCUT2D eigenvalue weighted by Crippen LogP contribution is -1.97. The lowest BCUT2D eigenvalue weighted by Gasteiger charge is -2.15. The number of benzene rings is 1. The first-order valence-electron chi connectivity index (χ1n) is 9.43. The molecule has 0 spiro atoms. The number of rotatable bonds is 13. The topological polar surface area (TPSA) is 0 Å². The molecule has 0 aliphatic heterocycles. The van der Waals surface area contributed by atoms with E-state index >= 15 is 0 Å². The van der Waals surface area contributed by atoms with Gasteiger partial charge in [-0.2, -0.15) is 0 Å². The number of hydrogen-bond donors (Lipinski definition) is 0. The molecule has 0 radical (unpaired) electrons. The maximum atomic E-state index is 2.33. The highest BCUT2D eigenvalue weighted by atomic mass is 14.1. The van der Waals surface area contributed by atoms with Crippen LogP contribution in [0.2, 0.25) is 0 Å². The van der Waals surface area contributed by atoms with Crippen LogP contribution < -0.4 is 0 Å². The molecule has 0 amide bonds. The molecule has 0 heterocycles. The first kappa shape index (κ1) is 18.3. The monoisotopic (exact) mass is 288 g/mol. The zero-order valence-electron chi connectivity index (χ0n) is 14.4. The van der Waals surface area contributed by atoms with Crippen LogP contribution in [0.4, 0.5) is 0 Å². The van der Waals surface area contributed by atoms with Crippen molar-refractivity contribution in [3.63, 3.8) is 0 Å². The third kappa shape index (κ3) is 8.96. The third-order valence-electron chi connectivity index (χ3n) is 4.67. The van der Waals surface area contributed by atoms with Crippen molar-refractivity contribution >= 4 is 0 Å². The first-order chi connectivity index (χ1) is 10.4. The van der Waals surface area contributed by atoms with Gasteiger partial charge in [-0.1, -0.05) is 108 Å². The van der Waals surface area contributed by atoms with Crippen LogP contribution in [0, 0.1) is 0 Å². The van der Waals surface area contributed by atoms with Gasteiger partial charge >= 0.3 is 0 Å². The van der Waals surface area contributed by atoms with Gasteiger partial charge in [-0.05, 0) is 24.3 Å². The molecule has 120 valence electrons. The van der Waals surface area contributed by atoms with E-state index in [-0.39, 0.29) is 0 Å². The fourth-order valence-electron chi connectivity index (χ4n) is 3.21. The van der Waals surface area contributed by atoms with E-state index in [0.29, 0.717) is 0 Å². The fraction of sp³-hybridized carbons (Fsp3) is 0.714. The largest absolute Gasteiger partial charge is 0.0654 e. The zero-order valence-corrected chi connectivity index (χ0v) is 14.4. The Bertz CT molecular complexity index is 314. The van der Waals surface area contributed by atoms with Crippen molar-refractivity contribution in [2.24, 2.45) is 0 Å². The Hall–Kier alpha value is -0.780. The number of hydrogen-bond acceptors (Lipinski definition) is 0. The molecule has 0 fully saturated rings. The van der Waals surface area contributed by atoms with Crippen LogP contribution in [0.1, 0.15) is 102 Å². The van der Waals surface area contributed by atoms with E-state index in [2.05, 4.69) is 44.2 Å². The van der Waals surface area contributed by atoms with Gasteiger partial charge in [0.2, 0.25) is 0 Å². The summed E-state index contributed by atoms with van der Waals surface area (Å²) in [6.45, 7) is 4.62. The van der Waals surface area contributed by atoms with Gasteiger partial charge in [0.1, 0.15) is 0 Å². The van der Waals surface area contributed by atoms with Gasteiger partial charge in [0, 0.05) is 0 Å². The molecular weight excluding hydrogens is 252 g/mol. The summed E-state index contributed by atoms with van der Waals surface area (Å²) in [5.74, 6) is 0.778. The van der Waals surface area contributed by atoms with Gasteiger partial charge in [-0.3, -0.25) is 0 Å². The molecule has 1 unspecified atom stereocenters. The van der Waals surface area contributed by atoms with Crippen LogP contribution in [0.5, 0.6) is 0 Å². The summed E-state index contributed by atoms with van der Waals surface area (Å²) in [6, 6.07) is 11.1. The molecule has 0 N–H and O–H groups in total. The lowest BCUT2D eigenvalue weighted by atomic mass is 9.91. The van der Waals surface area contributed by atoms with Crippen molar-refractivity contribution in [3.8, 4) is 0 Å². The van der Waals surface area contributed by atoms with Crippen LogP contribution >= 0.6 is 0 Å². The molecule has 0 aliphatic carbocycles. The molecule has 1 aromatic carbocycles. The second kappa shape index (κ2) is 12.9. The Balaban J connectivity index is 1.98.